The monoisotopic (exact) mass is 228 g/mol. The molecule has 1 aliphatic rings. The molecule has 0 aliphatic heterocycles. The maximum absolute atomic E-state index is 11.5. The zero-order valence-electron chi connectivity index (χ0n) is 9.86. The Morgan fingerprint density at radius 2 is 2.12 bits per heavy atom. The molecular weight excluding hydrogens is 208 g/mol. The third-order valence-electron chi connectivity index (χ3n) is 2.85. The standard InChI is InChI=1S/C11H20N2O3/c1-3-16-11(15)9(12)10(14)13-6-7(2)8-4-5-8/h7-9H,3-6,12H2,1-2H3,(H,13,14). The van der Waals surface area contributed by atoms with Crippen LogP contribution < -0.4 is 11.1 Å². The smallest absolute Gasteiger partial charge is 0.332 e. The van der Waals surface area contributed by atoms with Crippen LogP contribution in [0.25, 0.3) is 0 Å². The van der Waals surface area contributed by atoms with Gasteiger partial charge in [0.15, 0.2) is 6.04 Å². The van der Waals surface area contributed by atoms with Gasteiger partial charge in [-0.05, 0) is 31.6 Å². The van der Waals surface area contributed by atoms with Crippen LogP contribution in [0.5, 0.6) is 0 Å². The van der Waals surface area contributed by atoms with Crippen LogP contribution in [0.3, 0.4) is 0 Å². The zero-order valence-corrected chi connectivity index (χ0v) is 9.86. The van der Waals surface area contributed by atoms with Gasteiger partial charge in [-0.1, -0.05) is 6.92 Å². The van der Waals surface area contributed by atoms with E-state index in [9.17, 15) is 9.59 Å². The summed E-state index contributed by atoms with van der Waals surface area (Å²) in [5, 5.41) is 2.68. The first-order valence-corrected chi connectivity index (χ1v) is 5.76. The van der Waals surface area contributed by atoms with Gasteiger partial charge in [-0.3, -0.25) is 4.79 Å². The molecule has 0 radical (unpaired) electrons. The fourth-order valence-corrected chi connectivity index (χ4v) is 1.54. The minimum absolute atomic E-state index is 0.234. The first-order chi connectivity index (χ1) is 7.56. The van der Waals surface area contributed by atoms with Gasteiger partial charge in [0.1, 0.15) is 0 Å². The molecule has 1 rings (SSSR count). The third-order valence-corrected chi connectivity index (χ3v) is 2.85. The Hall–Kier alpha value is -1.10. The minimum atomic E-state index is -1.20. The molecule has 0 saturated heterocycles. The number of rotatable bonds is 6. The van der Waals surface area contributed by atoms with Crippen LogP contribution >= 0.6 is 0 Å². The Kier molecular flexibility index (Phi) is 4.73. The van der Waals surface area contributed by atoms with Gasteiger partial charge in [0.25, 0.3) is 0 Å². The van der Waals surface area contributed by atoms with Crippen LogP contribution in [-0.4, -0.2) is 31.1 Å². The van der Waals surface area contributed by atoms with Gasteiger partial charge in [-0.15, -0.1) is 0 Å². The van der Waals surface area contributed by atoms with Gasteiger partial charge < -0.3 is 15.8 Å². The minimum Gasteiger partial charge on any atom is -0.464 e. The number of esters is 1. The number of carbonyl (C=O) groups is 2. The van der Waals surface area contributed by atoms with Crippen molar-refractivity contribution in [2.45, 2.75) is 32.7 Å². The average molecular weight is 228 g/mol. The molecule has 0 aromatic rings. The summed E-state index contributed by atoms with van der Waals surface area (Å²) in [6, 6.07) is -1.20. The maximum atomic E-state index is 11.5. The third kappa shape index (κ3) is 3.81. The van der Waals surface area contributed by atoms with Gasteiger partial charge in [-0.2, -0.15) is 0 Å². The molecule has 1 amide bonds. The molecule has 0 bridgehead atoms. The van der Waals surface area contributed by atoms with Crippen molar-refractivity contribution >= 4 is 11.9 Å². The van der Waals surface area contributed by atoms with Crippen molar-refractivity contribution in [2.24, 2.45) is 17.6 Å². The SMILES string of the molecule is CCOC(=O)C(N)C(=O)NCC(C)C1CC1. The number of hydrogen-bond donors (Lipinski definition) is 2. The number of hydrogen-bond acceptors (Lipinski definition) is 4. The van der Waals surface area contributed by atoms with E-state index in [1.807, 2.05) is 0 Å². The summed E-state index contributed by atoms with van der Waals surface area (Å²) in [4.78, 5) is 22.6. The lowest BCUT2D eigenvalue weighted by molar-refractivity contribution is -0.148. The molecule has 1 fully saturated rings. The first-order valence-electron chi connectivity index (χ1n) is 5.76. The highest BCUT2D eigenvalue weighted by Gasteiger charge is 2.29. The van der Waals surface area contributed by atoms with Crippen molar-refractivity contribution < 1.29 is 14.3 Å². The second-order valence-corrected chi connectivity index (χ2v) is 4.29. The average Bonchev–Trinajstić information content (AvgIpc) is 3.08. The second kappa shape index (κ2) is 5.84. The molecule has 0 heterocycles. The van der Waals surface area contributed by atoms with E-state index in [2.05, 4.69) is 17.0 Å². The summed E-state index contributed by atoms with van der Waals surface area (Å²) in [5.41, 5.74) is 5.44. The Morgan fingerprint density at radius 3 is 2.62 bits per heavy atom. The van der Waals surface area contributed by atoms with Crippen molar-refractivity contribution in [1.29, 1.82) is 0 Å². The van der Waals surface area contributed by atoms with Crippen LogP contribution in [0.1, 0.15) is 26.7 Å². The van der Waals surface area contributed by atoms with Crippen LogP contribution in [0.2, 0.25) is 0 Å². The Balaban J connectivity index is 2.24. The predicted octanol–water partition coefficient (Wildman–Crippen LogP) is 0.0391. The van der Waals surface area contributed by atoms with Gasteiger partial charge in [-0.25, -0.2) is 4.79 Å². The summed E-state index contributed by atoms with van der Waals surface area (Å²) in [5.74, 6) is 0.0579. The van der Waals surface area contributed by atoms with E-state index in [0.29, 0.717) is 12.5 Å². The quantitative estimate of drug-likeness (QED) is 0.497. The van der Waals surface area contributed by atoms with Crippen LogP contribution in [0.4, 0.5) is 0 Å². The molecule has 2 unspecified atom stereocenters. The highest BCUT2D eigenvalue weighted by molar-refractivity contribution is 6.01. The lowest BCUT2D eigenvalue weighted by Gasteiger charge is -2.14. The highest BCUT2D eigenvalue weighted by Crippen LogP contribution is 2.35. The van der Waals surface area contributed by atoms with Crippen molar-refractivity contribution in [3.05, 3.63) is 0 Å². The summed E-state index contributed by atoms with van der Waals surface area (Å²) < 4.78 is 4.67. The lowest BCUT2D eigenvalue weighted by atomic mass is 10.1. The molecule has 1 aliphatic carbocycles. The molecular formula is C11H20N2O3. The van der Waals surface area contributed by atoms with E-state index in [-0.39, 0.29) is 6.61 Å². The molecule has 0 aromatic heterocycles. The number of nitrogens with one attached hydrogen (secondary N) is 1. The van der Waals surface area contributed by atoms with Gasteiger partial charge in [0.05, 0.1) is 6.61 Å². The number of nitrogens with two attached hydrogens (primary N) is 1. The van der Waals surface area contributed by atoms with Gasteiger partial charge in [0, 0.05) is 6.54 Å². The van der Waals surface area contributed by atoms with E-state index in [1.165, 1.54) is 12.8 Å². The Bertz CT molecular complexity index is 264. The van der Waals surface area contributed by atoms with E-state index in [0.717, 1.165) is 5.92 Å². The Labute approximate surface area is 95.7 Å². The number of ether oxygens (including phenoxy) is 1. The number of amides is 1. The van der Waals surface area contributed by atoms with Crippen molar-refractivity contribution in [3.8, 4) is 0 Å². The van der Waals surface area contributed by atoms with Crippen molar-refractivity contribution in [3.63, 3.8) is 0 Å². The summed E-state index contributed by atoms with van der Waals surface area (Å²) in [7, 11) is 0. The van der Waals surface area contributed by atoms with E-state index in [4.69, 9.17) is 5.73 Å². The summed E-state index contributed by atoms with van der Waals surface area (Å²) in [6.07, 6.45) is 2.47. The molecule has 5 nitrogen and oxygen atoms in total. The summed E-state index contributed by atoms with van der Waals surface area (Å²) in [6.45, 7) is 4.58. The molecule has 0 spiro atoms. The van der Waals surface area contributed by atoms with Crippen LogP contribution in [-0.2, 0) is 14.3 Å². The molecule has 3 N–H and O–H groups in total. The lowest BCUT2D eigenvalue weighted by Crippen LogP contribution is -2.47. The molecule has 2 atom stereocenters. The molecule has 5 heteroatoms. The summed E-state index contributed by atoms with van der Waals surface area (Å²) >= 11 is 0. The topological polar surface area (TPSA) is 81.4 Å². The molecule has 0 aromatic carbocycles. The van der Waals surface area contributed by atoms with E-state index >= 15 is 0 Å². The van der Waals surface area contributed by atoms with Gasteiger partial charge >= 0.3 is 5.97 Å². The Morgan fingerprint density at radius 1 is 1.50 bits per heavy atom. The number of carbonyl (C=O) groups excluding carboxylic acids is 2. The predicted molar refractivity (Wildman–Crippen MR) is 59.5 cm³/mol. The zero-order chi connectivity index (χ0) is 12.1. The van der Waals surface area contributed by atoms with Crippen LogP contribution in [0, 0.1) is 11.8 Å². The normalized spacial score (nSPS) is 18.7. The second-order valence-electron chi connectivity index (χ2n) is 4.29. The fraction of sp³-hybridized carbons (Fsp3) is 0.818. The van der Waals surface area contributed by atoms with E-state index < -0.39 is 17.9 Å². The van der Waals surface area contributed by atoms with Crippen molar-refractivity contribution in [2.75, 3.05) is 13.2 Å². The van der Waals surface area contributed by atoms with Crippen LogP contribution in [0.15, 0.2) is 0 Å². The molecule has 92 valence electrons. The van der Waals surface area contributed by atoms with Crippen molar-refractivity contribution in [1.82, 2.24) is 5.32 Å². The van der Waals surface area contributed by atoms with E-state index in [1.54, 1.807) is 6.92 Å². The molecule has 1 saturated carbocycles. The maximum Gasteiger partial charge on any atom is 0.332 e. The highest BCUT2D eigenvalue weighted by atomic mass is 16.5. The fourth-order valence-electron chi connectivity index (χ4n) is 1.54. The largest absolute Gasteiger partial charge is 0.464 e. The van der Waals surface area contributed by atoms with Gasteiger partial charge in [0.2, 0.25) is 5.91 Å². The first kappa shape index (κ1) is 13.0. The molecule has 16 heavy (non-hydrogen) atoms.